The van der Waals surface area contributed by atoms with Gasteiger partial charge in [-0.2, -0.15) is 0 Å². The van der Waals surface area contributed by atoms with Crippen LogP contribution in [0.15, 0.2) is 35.8 Å². The normalized spacial score (nSPS) is 12.0. The highest BCUT2D eigenvalue weighted by molar-refractivity contribution is 7.09. The first-order chi connectivity index (χ1) is 12.0. The van der Waals surface area contributed by atoms with E-state index in [1.54, 1.807) is 37.6 Å². The number of ketones is 1. The molecule has 5 nitrogen and oxygen atoms in total. The molecule has 6 heteroatoms. The van der Waals surface area contributed by atoms with Crippen LogP contribution in [0.1, 0.15) is 54.5 Å². The Bertz CT molecular complexity index is 681. The van der Waals surface area contributed by atoms with Gasteiger partial charge in [0.1, 0.15) is 10.8 Å². The summed E-state index contributed by atoms with van der Waals surface area (Å²) >= 11 is 1.54. The second kappa shape index (κ2) is 9.32. The van der Waals surface area contributed by atoms with Gasteiger partial charge in [-0.1, -0.05) is 13.8 Å². The minimum absolute atomic E-state index is 0.0486. The van der Waals surface area contributed by atoms with Crippen LogP contribution in [0.25, 0.3) is 0 Å². The summed E-state index contributed by atoms with van der Waals surface area (Å²) in [5.74, 6) is 0.972. The standard InChI is InChI=1S/C19H24N2O3S/c1-13(2)12-16(19-20-10-11-25-19)21-18(23)9-8-17(22)14-4-6-15(24-3)7-5-14/h4-7,10-11,13,16H,8-9,12H2,1-3H3,(H,21,23). The Morgan fingerprint density at radius 2 is 1.92 bits per heavy atom. The third-order valence-corrected chi connectivity index (χ3v) is 4.67. The van der Waals surface area contributed by atoms with Crippen LogP contribution in [-0.4, -0.2) is 23.8 Å². The first-order valence-electron chi connectivity index (χ1n) is 8.35. The predicted molar refractivity (Wildman–Crippen MR) is 99.0 cm³/mol. The largest absolute Gasteiger partial charge is 0.497 e. The molecule has 0 saturated heterocycles. The number of ether oxygens (including phenoxy) is 1. The van der Waals surface area contributed by atoms with E-state index in [4.69, 9.17) is 4.74 Å². The van der Waals surface area contributed by atoms with E-state index >= 15 is 0 Å². The van der Waals surface area contributed by atoms with Crippen LogP contribution >= 0.6 is 11.3 Å². The molecule has 1 amide bonds. The molecule has 1 heterocycles. The Morgan fingerprint density at radius 3 is 2.48 bits per heavy atom. The summed E-state index contributed by atoms with van der Waals surface area (Å²) in [6.45, 7) is 4.22. The number of nitrogens with one attached hydrogen (secondary N) is 1. The lowest BCUT2D eigenvalue weighted by Gasteiger charge is -2.18. The number of methoxy groups -OCH3 is 1. The zero-order valence-corrected chi connectivity index (χ0v) is 15.6. The maximum Gasteiger partial charge on any atom is 0.221 e. The highest BCUT2D eigenvalue weighted by Crippen LogP contribution is 2.23. The Hall–Kier alpha value is -2.21. The van der Waals surface area contributed by atoms with Gasteiger partial charge in [-0.3, -0.25) is 9.59 Å². The molecular weight excluding hydrogens is 336 g/mol. The van der Waals surface area contributed by atoms with Gasteiger partial charge in [0.15, 0.2) is 5.78 Å². The summed E-state index contributed by atoms with van der Waals surface area (Å²) < 4.78 is 5.08. The van der Waals surface area contributed by atoms with Gasteiger partial charge in [-0.15, -0.1) is 11.3 Å². The van der Waals surface area contributed by atoms with Crippen molar-refractivity contribution in [3.05, 3.63) is 46.4 Å². The van der Waals surface area contributed by atoms with Crippen molar-refractivity contribution in [1.82, 2.24) is 10.3 Å². The lowest BCUT2D eigenvalue weighted by Crippen LogP contribution is -2.29. The zero-order chi connectivity index (χ0) is 18.2. The van der Waals surface area contributed by atoms with Crippen LogP contribution in [-0.2, 0) is 4.79 Å². The predicted octanol–water partition coefficient (Wildman–Crippen LogP) is 4.02. The highest BCUT2D eigenvalue weighted by Gasteiger charge is 2.19. The van der Waals surface area contributed by atoms with Crippen LogP contribution in [0.4, 0.5) is 0 Å². The van der Waals surface area contributed by atoms with Crippen LogP contribution in [0.3, 0.4) is 0 Å². The molecular formula is C19H24N2O3S. The van der Waals surface area contributed by atoms with E-state index in [0.717, 1.165) is 11.4 Å². The van der Waals surface area contributed by atoms with Crippen molar-refractivity contribution in [2.45, 2.75) is 39.2 Å². The number of thiazole rings is 1. The number of nitrogens with zero attached hydrogens (tertiary/aromatic N) is 1. The van der Waals surface area contributed by atoms with Gasteiger partial charge in [0.05, 0.1) is 13.2 Å². The molecule has 134 valence electrons. The van der Waals surface area contributed by atoms with E-state index in [0.29, 0.717) is 17.2 Å². The third-order valence-electron chi connectivity index (χ3n) is 3.78. The molecule has 0 fully saturated rings. The number of rotatable bonds is 9. The minimum Gasteiger partial charge on any atom is -0.497 e. The van der Waals surface area contributed by atoms with Crippen molar-refractivity contribution in [2.24, 2.45) is 5.92 Å². The maximum absolute atomic E-state index is 12.3. The molecule has 1 aromatic carbocycles. The number of carbonyl (C=O) groups is 2. The second-order valence-corrected chi connectivity index (χ2v) is 7.20. The van der Waals surface area contributed by atoms with Gasteiger partial charge < -0.3 is 10.1 Å². The van der Waals surface area contributed by atoms with Gasteiger partial charge in [-0.05, 0) is 36.6 Å². The molecule has 1 aromatic heterocycles. The van der Waals surface area contributed by atoms with Gasteiger partial charge in [0.25, 0.3) is 0 Å². The maximum atomic E-state index is 12.3. The van der Waals surface area contributed by atoms with Crippen molar-refractivity contribution >= 4 is 23.0 Å². The summed E-state index contributed by atoms with van der Waals surface area (Å²) in [4.78, 5) is 28.8. The summed E-state index contributed by atoms with van der Waals surface area (Å²) in [6, 6.07) is 6.83. The molecule has 25 heavy (non-hydrogen) atoms. The number of hydrogen-bond acceptors (Lipinski definition) is 5. The lowest BCUT2D eigenvalue weighted by molar-refractivity contribution is -0.121. The molecule has 0 aliphatic heterocycles. The number of carbonyl (C=O) groups excluding carboxylic acids is 2. The van der Waals surface area contributed by atoms with Gasteiger partial charge >= 0.3 is 0 Å². The van der Waals surface area contributed by atoms with E-state index < -0.39 is 0 Å². The first-order valence-corrected chi connectivity index (χ1v) is 9.23. The van der Waals surface area contributed by atoms with Crippen LogP contribution in [0.5, 0.6) is 5.75 Å². The Labute approximate surface area is 152 Å². The number of amides is 1. The summed E-state index contributed by atoms with van der Waals surface area (Å²) in [5.41, 5.74) is 0.590. The number of hydrogen-bond donors (Lipinski definition) is 1. The SMILES string of the molecule is COc1ccc(C(=O)CCC(=O)NC(CC(C)C)c2nccs2)cc1. The fourth-order valence-electron chi connectivity index (χ4n) is 2.51. The summed E-state index contributed by atoms with van der Waals surface area (Å²) in [5, 5.41) is 5.82. The van der Waals surface area contributed by atoms with Crippen molar-refractivity contribution in [3.63, 3.8) is 0 Å². The highest BCUT2D eigenvalue weighted by atomic mass is 32.1. The van der Waals surface area contributed by atoms with Gasteiger partial charge in [-0.25, -0.2) is 4.98 Å². The minimum atomic E-state index is -0.122. The average molecular weight is 360 g/mol. The van der Waals surface area contributed by atoms with E-state index in [-0.39, 0.29) is 30.6 Å². The molecule has 0 saturated carbocycles. The number of aromatic nitrogens is 1. The number of benzene rings is 1. The van der Waals surface area contributed by atoms with E-state index in [9.17, 15) is 9.59 Å². The molecule has 2 aromatic rings. The monoisotopic (exact) mass is 360 g/mol. The summed E-state index contributed by atoms with van der Waals surface area (Å²) in [7, 11) is 1.58. The Morgan fingerprint density at radius 1 is 1.20 bits per heavy atom. The quantitative estimate of drug-likeness (QED) is 0.686. The van der Waals surface area contributed by atoms with Crippen LogP contribution in [0.2, 0.25) is 0 Å². The molecule has 0 bridgehead atoms. The molecule has 0 aliphatic rings. The third kappa shape index (κ3) is 5.98. The fraction of sp³-hybridized carbons (Fsp3) is 0.421. The topological polar surface area (TPSA) is 68.3 Å². The second-order valence-electron chi connectivity index (χ2n) is 6.27. The van der Waals surface area contributed by atoms with Crippen molar-refractivity contribution in [1.29, 1.82) is 0 Å². The van der Waals surface area contributed by atoms with Gasteiger partial charge in [0, 0.05) is 30.0 Å². The fourth-order valence-corrected chi connectivity index (χ4v) is 3.22. The number of Topliss-reactive ketones (excluding diaryl/α,β-unsaturated/α-hetero) is 1. The van der Waals surface area contributed by atoms with Crippen molar-refractivity contribution in [3.8, 4) is 5.75 Å². The summed E-state index contributed by atoms with van der Waals surface area (Å²) in [6.07, 6.45) is 2.92. The van der Waals surface area contributed by atoms with E-state index in [1.807, 2.05) is 5.38 Å². The van der Waals surface area contributed by atoms with E-state index in [2.05, 4.69) is 24.1 Å². The molecule has 2 rings (SSSR count). The Kier molecular flexibility index (Phi) is 7.13. The van der Waals surface area contributed by atoms with Crippen molar-refractivity contribution < 1.29 is 14.3 Å². The zero-order valence-electron chi connectivity index (χ0n) is 14.8. The Balaban J connectivity index is 1.88. The average Bonchev–Trinajstić information content (AvgIpc) is 3.13. The molecule has 1 unspecified atom stereocenters. The smallest absolute Gasteiger partial charge is 0.221 e. The lowest BCUT2D eigenvalue weighted by atomic mass is 10.0. The molecule has 0 aliphatic carbocycles. The molecule has 1 N–H and O–H groups in total. The van der Waals surface area contributed by atoms with Crippen molar-refractivity contribution in [2.75, 3.05) is 7.11 Å². The van der Waals surface area contributed by atoms with Crippen LogP contribution < -0.4 is 10.1 Å². The molecule has 0 radical (unpaired) electrons. The molecule has 1 atom stereocenters. The first kappa shape index (κ1) is 19.1. The van der Waals surface area contributed by atoms with Gasteiger partial charge in [0.2, 0.25) is 5.91 Å². The van der Waals surface area contributed by atoms with Crippen LogP contribution in [0, 0.1) is 5.92 Å². The van der Waals surface area contributed by atoms with E-state index in [1.165, 1.54) is 11.3 Å². The molecule has 0 spiro atoms.